The Bertz CT molecular complexity index is 552. The van der Waals surface area contributed by atoms with Crippen molar-refractivity contribution in [2.75, 3.05) is 13.1 Å². The van der Waals surface area contributed by atoms with Gasteiger partial charge in [-0.05, 0) is 30.7 Å². The molecule has 0 aliphatic carbocycles. The molecule has 2 N–H and O–H groups in total. The fraction of sp³-hybridized carbons (Fsp3) is 0.500. The highest BCUT2D eigenvalue weighted by Gasteiger charge is 2.34. The highest BCUT2D eigenvalue weighted by Crippen LogP contribution is 2.27. The lowest BCUT2D eigenvalue weighted by atomic mass is 9.86. The largest absolute Gasteiger partial charge is 0.397 e. The van der Waals surface area contributed by atoms with Crippen molar-refractivity contribution in [2.45, 2.75) is 31.0 Å². The molecule has 130 valence electrons. The van der Waals surface area contributed by atoms with Crippen molar-refractivity contribution in [3.63, 3.8) is 0 Å². The van der Waals surface area contributed by atoms with Gasteiger partial charge >= 0.3 is 6.18 Å². The van der Waals surface area contributed by atoms with E-state index in [0.717, 1.165) is 12.1 Å². The third kappa shape index (κ3) is 5.62. The van der Waals surface area contributed by atoms with Gasteiger partial charge in [-0.25, -0.2) is 8.78 Å². The molecule has 1 aromatic carbocycles. The van der Waals surface area contributed by atoms with Gasteiger partial charge in [0.2, 0.25) is 5.91 Å². The van der Waals surface area contributed by atoms with Crippen molar-refractivity contribution in [3.8, 4) is 0 Å². The molecule has 1 aromatic rings. The Morgan fingerprint density at radius 3 is 2.57 bits per heavy atom. The number of carbonyl (C=O) groups excluding carboxylic acids is 1. The van der Waals surface area contributed by atoms with Crippen LogP contribution in [-0.2, 0) is 4.79 Å². The molecule has 1 heterocycles. The van der Waals surface area contributed by atoms with Gasteiger partial charge < -0.3 is 10.6 Å². The number of hydrogen-bond acceptors (Lipinski definition) is 2. The summed E-state index contributed by atoms with van der Waals surface area (Å²) in [6.07, 6.45) is -5.64. The molecule has 0 bridgehead atoms. The number of rotatable bonds is 3. The Morgan fingerprint density at radius 1 is 1.26 bits per heavy atom. The van der Waals surface area contributed by atoms with Crippen LogP contribution in [0.1, 0.15) is 24.3 Å². The van der Waals surface area contributed by atoms with E-state index in [2.05, 4.69) is 10.6 Å². The van der Waals surface area contributed by atoms with Gasteiger partial charge in [0.15, 0.2) is 11.6 Å². The van der Waals surface area contributed by atoms with Gasteiger partial charge in [0.05, 0.1) is 0 Å². The van der Waals surface area contributed by atoms with Crippen molar-refractivity contribution in [2.24, 2.45) is 0 Å². The Morgan fingerprint density at radius 2 is 1.96 bits per heavy atom. The molecule has 0 radical (unpaired) electrons. The van der Waals surface area contributed by atoms with Crippen LogP contribution in [0.15, 0.2) is 18.2 Å². The van der Waals surface area contributed by atoms with E-state index in [-0.39, 0.29) is 24.9 Å². The van der Waals surface area contributed by atoms with E-state index in [0.29, 0.717) is 18.5 Å². The summed E-state index contributed by atoms with van der Waals surface area (Å²) in [5, 5.41) is 5.29. The molecule has 2 unspecified atom stereocenters. The fourth-order valence-electron chi connectivity index (χ4n) is 2.59. The number of piperidine rings is 1. The lowest BCUT2D eigenvalue weighted by Crippen LogP contribution is -2.50. The summed E-state index contributed by atoms with van der Waals surface area (Å²) in [6, 6.07) is 2.78. The first kappa shape index (κ1) is 19.6. The van der Waals surface area contributed by atoms with Crippen molar-refractivity contribution < 1.29 is 26.7 Å². The monoisotopic (exact) mass is 358 g/mol. The van der Waals surface area contributed by atoms with Crippen LogP contribution < -0.4 is 10.6 Å². The third-order valence-corrected chi connectivity index (χ3v) is 3.56. The molecule has 0 aromatic heterocycles. The molecule has 0 saturated carbocycles. The predicted octanol–water partition coefficient (Wildman–Crippen LogP) is 2.90. The maximum Gasteiger partial charge on any atom is 0.397 e. The summed E-state index contributed by atoms with van der Waals surface area (Å²) in [6.45, 7) is 0.850. The smallest absolute Gasteiger partial charge is 0.351 e. The predicted molar refractivity (Wildman–Crippen MR) is 76.4 cm³/mol. The molecular weight excluding hydrogens is 343 g/mol. The second kappa shape index (κ2) is 7.92. The minimum atomic E-state index is -4.58. The zero-order valence-electron chi connectivity index (χ0n) is 11.9. The van der Waals surface area contributed by atoms with E-state index < -0.39 is 36.2 Å². The minimum absolute atomic E-state index is 0. The van der Waals surface area contributed by atoms with Crippen LogP contribution in [0.4, 0.5) is 22.0 Å². The molecule has 2 rings (SSSR count). The lowest BCUT2D eigenvalue weighted by molar-refractivity contribution is -0.154. The van der Waals surface area contributed by atoms with E-state index >= 15 is 0 Å². The Kier molecular flexibility index (Phi) is 6.76. The summed E-state index contributed by atoms with van der Waals surface area (Å²) in [4.78, 5) is 11.4. The van der Waals surface area contributed by atoms with Gasteiger partial charge in [-0.3, -0.25) is 4.79 Å². The minimum Gasteiger partial charge on any atom is -0.351 e. The van der Waals surface area contributed by atoms with Gasteiger partial charge in [-0.15, -0.1) is 12.4 Å². The quantitative estimate of drug-likeness (QED) is 0.816. The Hall–Kier alpha value is -1.41. The number of carbonyl (C=O) groups is 1. The van der Waals surface area contributed by atoms with Crippen LogP contribution in [0.2, 0.25) is 0 Å². The second-order valence-corrected chi connectivity index (χ2v) is 5.24. The number of halogens is 6. The molecule has 1 saturated heterocycles. The number of amides is 1. The highest BCUT2D eigenvalue weighted by molar-refractivity contribution is 5.85. The van der Waals surface area contributed by atoms with E-state index in [1.54, 1.807) is 0 Å². The molecule has 23 heavy (non-hydrogen) atoms. The summed E-state index contributed by atoms with van der Waals surface area (Å²) < 4.78 is 62.9. The van der Waals surface area contributed by atoms with Crippen LogP contribution in [0.3, 0.4) is 0 Å². The summed E-state index contributed by atoms with van der Waals surface area (Å²) in [5.41, 5.74) is 0.456. The number of nitrogens with one attached hydrogen (secondary N) is 2. The molecular formula is C14H16ClF5N2O. The summed E-state index contributed by atoms with van der Waals surface area (Å²) in [5.74, 6) is -3.51. The van der Waals surface area contributed by atoms with Gasteiger partial charge in [0.25, 0.3) is 0 Å². The first-order chi connectivity index (χ1) is 10.3. The SMILES string of the molecule is Cl.O=C(CC(F)(F)F)NC1CNCCC1c1ccc(F)c(F)c1. The first-order valence-electron chi connectivity index (χ1n) is 6.78. The van der Waals surface area contributed by atoms with Crippen LogP contribution in [-0.4, -0.2) is 31.2 Å². The van der Waals surface area contributed by atoms with Crippen molar-refractivity contribution >= 4 is 18.3 Å². The van der Waals surface area contributed by atoms with Gasteiger partial charge in [-0.1, -0.05) is 6.07 Å². The molecule has 1 aliphatic heterocycles. The van der Waals surface area contributed by atoms with E-state index in [9.17, 15) is 26.7 Å². The highest BCUT2D eigenvalue weighted by atomic mass is 35.5. The number of benzene rings is 1. The van der Waals surface area contributed by atoms with Crippen molar-refractivity contribution in [3.05, 3.63) is 35.4 Å². The molecule has 3 nitrogen and oxygen atoms in total. The molecule has 0 spiro atoms. The van der Waals surface area contributed by atoms with Crippen LogP contribution in [0.5, 0.6) is 0 Å². The average molecular weight is 359 g/mol. The average Bonchev–Trinajstić information content (AvgIpc) is 2.40. The molecule has 1 amide bonds. The third-order valence-electron chi connectivity index (χ3n) is 3.56. The van der Waals surface area contributed by atoms with Crippen LogP contribution >= 0.6 is 12.4 Å². The first-order valence-corrected chi connectivity index (χ1v) is 6.78. The molecule has 1 fully saturated rings. The maximum absolute atomic E-state index is 13.3. The number of hydrogen-bond donors (Lipinski definition) is 2. The standard InChI is InChI=1S/C14H15F5N2O.ClH/c15-10-2-1-8(5-11(10)16)9-3-4-20-7-12(9)21-13(22)6-14(17,18)19;/h1-2,5,9,12,20H,3-4,6-7H2,(H,21,22);1H. The normalized spacial score (nSPS) is 21.4. The summed E-state index contributed by atoms with van der Waals surface area (Å²) >= 11 is 0. The Balaban J connectivity index is 0.00000264. The van der Waals surface area contributed by atoms with Gasteiger partial charge in [-0.2, -0.15) is 13.2 Å². The molecule has 9 heteroatoms. The van der Waals surface area contributed by atoms with Crippen molar-refractivity contribution in [1.29, 1.82) is 0 Å². The van der Waals surface area contributed by atoms with Crippen molar-refractivity contribution in [1.82, 2.24) is 10.6 Å². The van der Waals surface area contributed by atoms with Gasteiger partial charge in [0, 0.05) is 18.5 Å². The topological polar surface area (TPSA) is 41.1 Å². The van der Waals surface area contributed by atoms with Gasteiger partial charge in [0.1, 0.15) is 6.42 Å². The summed E-state index contributed by atoms with van der Waals surface area (Å²) in [7, 11) is 0. The maximum atomic E-state index is 13.3. The molecule has 2 atom stereocenters. The zero-order chi connectivity index (χ0) is 16.3. The number of alkyl halides is 3. The van der Waals surface area contributed by atoms with E-state index in [4.69, 9.17) is 0 Å². The lowest BCUT2D eigenvalue weighted by Gasteiger charge is -2.33. The van der Waals surface area contributed by atoms with Crippen LogP contribution in [0.25, 0.3) is 0 Å². The van der Waals surface area contributed by atoms with Crippen LogP contribution in [0, 0.1) is 11.6 Å². The molecule has 1 aliphatic rings. The Labute approximate surface area is 136 Å². The fourth-order valence-corrected chi connectivity index (χ4v) is 2.59. The van der Waals surface area contributed by atoms with E-state index in [1.165, 1.54) is 6.07 Å². The second-order valence-electron chi connectivity index (χ2n) is 5.24. The zero-order valence-corrected chi connectivity index (χ0v) is 12.7. The van der Waals surface area contributed by atoms with E-state index in [1.807, 2.05) is 0 Å².